The fourth-order valence-electron chi connectivity index (χ4n) is 7.45. The Labute approximate surface area is 288 Å². The van der Waals surface area contributed by atoms with Gasteiger partial charge in [-0.2, -0.15) is 5.26 Å². The fraction of sp³-hybridized carbons (Fsp3) is 0.341. The molecule has 6 rings (SSSR count). The number of ether oxygens (including phenoxy) is 1. The van der Waals surface area contributed by atoms with Crippen LogP contribution in [0.15, 0.2) is 109 Å². The zero-order chi connectivity index (χ0) is 34.2. The normalized spacial score (nSPS) is 21.1. The number of amides is 2. The van der Waals surface area contributed by atoms with Crippen molar-refractivity contribution in [2.75, 3.05) is 13.2 Å². The predicted molar refractivity (Wildman–Crippen MR) is 186 cm³/mol. The van der Waals surface area contributed by atoms with E-state index in [1.807, 2.05) is 102 Å². The van der Waals surface area contributed by atoms with Gasteiger partial charge >= 0.3 is 0 Å². The van der Waals surface area contributed by atoms with Crippen LogP contribution in [0.25, 0.3) is 0 Å². The lowest BCUT2D eigenvalue weighted by molar-refractivity contribution is -0.133. The van der Waals surface area contributed by atoms with E-state index in [9.17, 15) is 19.8 Å². The van der Waals surface area contributed by atoms with Crippen molar-refractivity contribution in [2.24, 2.45) is 11.8 Å². The summed E-state index contributed by atoms with van der Waals surface area (Å²) in [6.07, 6.45) is 1.21. The highest BCUT2D eigenvalue weighted by Crippen LogP contribution is 2.33. The van der Waals surface area contributed by atoms with Crippen LogP contribution in [0.4, 0.5) is 0 Å². The molecule has 0 aromatic heterocycles. The molecule has 49 heavy (non-hydrogen) atoms. The van der Waals surface area contributed by atoms with E-state index >= 15 is 0 Å². The average Bonchev–Trinajstić information content (AvgIpc) is 3.58. The lowest BCUT2D eigenvalue weighted by atomic mass is 9.91. The fourth-order valence-corrected chi connectivity index (χ4v) is 7.45. The van der Waals surface area contributed by atoms with Crippen LogP contribution in [-0.4, -0.2) is 58.3 Å². The number of carbonyl (C=O) groups is 2. The smallest absolute Gasteiger partial charge is 0.226 e. The Morgan fingerprint density at radius 2 is 1.61 bits per heavy atom. The van der Waals surface area contributed by atoms with Crippen molar-refractivity contribution < 1.29 is 24.5 Å². The maximum absolute atomic E-state index is 14.0. The number of nitrogens with zero attached hydrogens (tertiary/aromatic N) is 2. The van der Waals surface area contributed by atoms with Gasteiger partial charge in [0.05, 0.1) is 18.2 Å². The Kier molecular flexibility index (Phi) is 11.0. The van der Waals surface area contributed by atoms with Gasteiger partial charge in [0.15, 0.2) is 6.61 Å². The number of benzene rings is 4. The Bertz CT molecular complexity index is 1760. The van der Waals surface area contributed by atoms with Gasteiger partial charge in [-0.3, -0.25) is 9.59 Å². The van der Waals surface area contributed by atoms with E-state index in [4.69, 9.17) is 10.00 Å². The van der Waals surface area contributed by atoms with Gasteiger partial charge in [0.2, 0.25) is 11.8 Å². The number of nitrogens with one attached hydrogen (secondary N) is 1. The van der Waals surface area contributed by atoms with E-state index in [0.29, 0.717) is 37.9 Å². The van der Waals surface area contributed by atoms with Gasteiger partial charge < -0.3 is 25.2 Å². The number of β-amino-alcohol motifs (C(OH)–C–C–N with tert-alkyl or cyclic N) is 1. The lowest BCUT2D eigenvalue weighted by Gasteiger charge is -2.29. The first kappa shape index (κ1) is 33.9. The van der Waals surface area contributed by atoms with Crippen molar-refractivity contribution in [2.45, 2.75) is 62.8 Å². The van der Waals surface area contributed by atoms with E-state index < -0.39 is 24.2 Å². The molecule has 1 saturated heterocycles. The maximum Gasteiger partial charge on any atom is 0.226 e. The minimum absolute atomic E-state index is 0.0157. The van der Waals surface area contributed by atoms with Crippen LogP contribution in [0, 0.1) is 23.2 Å². The Morgan fingerprint density at radius 1 is 0.918 bits per heavy atom. The third-order valence-electron chi connectivity index (χ3n) is 9.79. The van der Waals surface area contributed by atoms with Crippen LogP contribution in [0.2, 0.25) is 0 Å². The monoisotopic (exact) mass is 657 g/mol. The highest BCUT2D eigenvalue weighted by Gasteiger charge is 2.41. The topological polar surface area (TPSA) is 123 Å². The van der Waals surface area contributed by atoms with Crippen molar-refractivity contribution in [3.8, 4) is 11.8 Å². The molecule has 2 amide bonds. The van der Waals surface area contributed by atoms with Crippen molar-refractivity contribution in [3.05, 3.63) is 137 Å². The number of aliphatic hydroxyl groups is 2. The number of fused-ring (bicyclic) bond motifs is 1. The molecule has 1 aliphatic carbocycles. The zero-order valence-electron chi connectivity index (χ0n) is 27.5. The molecule has 4 aromatic rings. The summed E-state index contributed by atoms with van der Waals surface area (Å²) >= 11 is 0. The van der Waals surface area contributed by atoms with Gasteiger partial charge in [0.25, 0.3) is 0 Å². The second kappa shape index (κ2) is 16.0. The predicted octanol–water partition coefficient (Wildman–Crippen LogP) is 4.98. The standard InChI is InChI=1S/C41H43N3O5/c42-18-19-49-36-16-9-14-30(23-36)21-33-24-34(22-29-12-5-2-6-13-29)44(41(33)48)27-35(45)25-32(20-28-10-3-1-4-11-28)40(47)43-39-37-17-8-7-15-31(37)26-38(39)46/h1-17,23,32-35,38-39,45-46H,19-22,24-27H2,(H,43,47)/t32-,33-,34-,35-,38+,39-/m0/s1. The highest BCUT2D eigenvalue weighted by molar-refractivity contribution is 5.82. The number of carbonyl (C=O) groups excluding carboxylic acids is 2. The molecule has 0 bridgehead atoms. The summed E-state index contributed by atoms with van der Waals surface area (Å²) in [6, 6.07) is 36.4. The minimum Gasteiger partial charge on any atom is -0.479 e. The van der Waals surface area contributed by atoms with Crippen LogP contribution in [0.3, 0.4) is 0 Å². The van der Waals surface area contributed by atoms with Crippen LogP contribution < -0.4 is 10.1 Å². The quantitative estimate of drug-likeness (QED) is 0.176. The number of likely N-dealkylation sites (tertiary alicyclic amines) is 1. The Morgan fingerprint density at radius 3 is 2.37 bits per heavy atom. The summed E-state index contributed by atoms with van der Waals surface area (Å²) in [5.74, 6) is -0.505. The van der Waals surface area contributed by atoms with Crippen molar-refractivity contribution >= 4 is 11.8 Å². The average molecular weight is 658 g/mol. The van der Waals surface area contributed by atoms with Gasteiger partial charge in [-0.15, -0.1) is 0 Å². The number of rotatable bonds is 14. The van der Waals surface area contributed by atoms with Gasteiger partial charge in [0.1, 0.15) is 11.8 Å². The maximum atomic E-state index is 14.0. The molecule has 8 nitrogen and oxygen atoms in total. The zero-order valence-corrected chi connectivity index (χ0v) is 27.5. The highest BCUT2D eigenvalue weighted by atomic mass is 16.5. The van der Waals surface area contributed by atoms with Gasteiger partial charge in [0, 0.05) is 30.8 Å². The Balaban J connectivity index is 1.18. The van der Waals surface area contributed by atoms with E-state index in [2.05, 4.69) is 17.4 Å². The molecular weight excluding hydrogens is 614 g/mol. The molecule has 8 heteroatoms. The molecular formula is C41H43N3O5. The van der Waals surface area contributed by atoms with Crippen molar-refractivity contribution in [1.29, 1.82) is 5.26 Å². The third-order valence-corrected chi connectivity index (χ3v) is 9.79. The van der Waals surface area contributed by atoms with Crippen LogP contribution in [-0.2, 0) is 35.3 Å². The first-order valence-corrected chi connectivity index (χ1v) is 17.1. The molecule has 6 atom stereocenters. The second-order valence-corrected chi connectivity index (χ2v) is 13.3. The lowest BCUT2D eigenvalue weighted by Crippen LogP contribution is -2.43. The number of nitriles is 1. The van der Waals surface area contributed by atoms with E-state index in [0.717, 1.165) is 27.8 Å². The molecule has 0 saturated carbocycles. The molecule has 0 radical (unpaired) electrons. The molecule has 4 aromatic carbocycles. The van der Waals surface area contributed by atoms with Crippen LogP contribution in [0.5, 0.6) is 5.75 Å². The molecule has 1 aliphatic heterocycles. The SMILES string of the molecule is N#CCOc1cccc(C[C@H]2C[C@H](Cc3ccccc3)N(C[C@@H](O)C[C@H](Cc3ccccc3)C(=O)N[C@H]3c4ccccc4C[C@H]3O)C2=O)c1. The summed E-state index contributed by atoms with van der Waals surface area (Å²) < 4.78 is 5.49. The summed E-state index contributed by atoms with van der Waals surface area (Å²) in [7, 11) is 0. The first-order chi connectivity index (χ1) is 23.9. The molecule has 252 valence electrons. The van der Waals surface area contributed by atoms with E-state index in [1.54, 1.807) is 6.07 Å². The van der Waals surface area contributed by atoms with Crippen molar-refractivity contribution in [3.63, 3.8) is 0 Å². The summed E-state index contributed by atoms with van der Waals surface area (Å²) in [6.45, 7) is 0.0695. The molecule has 2 aliphatic rings. The van der Waals surface area contributed by atoms with Gasteiger partial charge in [-0.1, -0.05) is 97.1 Å². The number of hydrogen-bond acceptors (Lipinski definition) is 6. The molecule has 1 fully saturated rings. The largest absolute Gasteiger partial charge is 0.479 e. The molecule has 0 unspecified atom stereocenters. The summed E-state index contributed by atoms with van der Waals surface area (Å²) in [5, 5.41) is 34.4. The van der Waals surface area contributed by atoms with Crippen LogP contribution >= 0.6 is 0 Å². The molecule has 3 N–H and O–H groups in total. The molecule has 0 spiro atoms. The number of aliphatic hydroxyl groups excluding tert-OH is 2. The van der Waals surface area contributed by atoms with Crippen LogP contribution in [0.1, 0.15) is 46.7 Å². The minimum atomic E-state index is -0.941. The molecule has 1 heterocycles. The number of hydrogen-bond donors (Lipinski definition) is 3. The summed E-state index contributed by atoms with van der Waals surface area (Å²) in [5.41, 5.74) is 4.98. The van der Waals surface area contributed by atoms with Gasteiger partial charge in [-0.25, -0.2) is 0 Å². The van der Waals surface area contributed by atoms with E-state index in [-0.39, 0.29) is 43.3 Å². The third kappa shape index (κ3) is 8.55. The van der Waals surface area contributed by atoms with Crippen molar-refractivity contribution in [1.82, 2.24) is 10.2 Å². The summed E-state index contributed by atoms with van der Waals surface area (Å²) in [4.78, 5) is 29.8. The first-order valence-electron chi connectivity index (χ1n) is 17.1. The second-order valence-electron chi connectivity index (χ2n) is 13.3. The van der Waals surface area contributed by atoms with Gasteiger partial charge in [-0.05, 0) is 72.1 Å². The Hall–Kier alpha value is -4.97. The van der Waals surface area contributed by atoms with E-state index in [1.165, 1.54) is 0 Å².